The lowest BCUT2D eigenvalue weighted by molar-refractivity contribution is -0.138. The number of rotatable bonds is 9. The lowest BCUT2D eigenvalue weighted by Gasteiger charge is -2.39. The monoisotopic (exact) mass is 911 g/mol. The summed E-state index contributed by atoms with van der Waals surface area (Å²) in [5, 5.41) is 17.3. The number of carbonyl (C=O) groups excluding carboxylic acids is 5. The van der Waals surface area contributed by atoms with Crippen molar-refractivity contribution in [3.8, 4) is 6.07 Å². The van der Waals surface area contributed by atoms with Gasteiger partial charge in [-0.15, -0.1) is 0 Å². The Balaban J connectivity index is 0.741. The normalized spacial score (nSPS) is 21.3. The first-order valence-electron chi connectivity index (χ1n) is 21.6. The van der Waals surface area contributed by atoms with E-state index >= 15 is 8.78 Å². The number of aromatic nitrogens is 3. The van der Waals surface area contributed by atoms with Gasteiger partial charge in [-0.2, -0.15) is 22.8 Å². The number of carbonyl (C=O) groups is 5. The lowest BCUT2D eigenvalue weighted by atomic mass is 9.85. The number of nitriles is 1. The number of anilines is 4. The molecule has 16 nitrogen and oxygen atoms in total. The molecule has 5 aliphatic rings. The van der Waals surface area contributed by atoms with Gasteiger partial charge in [-0.3, -0.25) is 39.1 Å². The van der Waals surface area contributed by atoms with E-state index in [1.165, 1.54) is 30.6 Å². The first-order valence-corrected chi connectivity index (χ1v) is 21.6. The molecule has 0 radical (unpaired) electrons. The van der Waals surface area contributed by atoms with Gasteiger partial charge in [0.25, 0.3) is 17.7 Å². The van der Waals surface area contributed by atoms with Crippen LogP contribution in [0.1, 0.15) is 92.0 Å². The zero-order valence-corrected chi connectivity index (χ0v) is 35.3. The van der Waals surface area contributed by atoms with Gasteiger partial charge < -0.3 is 20.4 Å². The molecule has 342 valence electrons. The van der Waals surface area contributed by atoms with Crippen molar-refractivity contribution in [3.05, 3.63) is 99.6 Å². The first kappa shape index (κ1) is 44.1. The number of piperidine rings is 1. The van der Waals surface area contributed by atoms with E-state index in [1.54, 1.807) is 11.0 Å². The first-order chi connectivity index (χ1) is 31.6. The highest BCUT2D eigenvalue weighted by Gasteiger charge is 2.45. The zero-order chi connectivity index (χ0) is 46.4. The summed E-state index contributed by atoms with van der Waals surface area (Å²) in [6.07, 6.45) is -0.0211. The minimum absolute atomic E-state index is 0.00433. The Morgan fingerprint density at radius 2 is 1.61 bits per heavy atom. The fraction of sp³-hybridized carbons (Fsp3) is 0.400. The summed E-state index contributed by atoms with van der Waals surface area (Å²) in [4.78, 5) is 82.9. The number of piperazine rings is 1. The molecule has 2 saturated heterocycles. The minimum atomic E-state index is -4.69. The predicted octanol–water partition coefficient (Wildman–Crippen LogP) is 4.86. The Bertz CT molecular complexity index is 2700. The van der Waals surface area contributed by atoms with Crippen molar-refractivity contribution < 1.29 is 45.9 Å². The van der Waals surface area contributed by atoms with E-state index in [9.17, 15) is 37.1 Å². The minimum Gasteiger partial charge on any atom is -0.367 e. The number of nitrogens with one attached hydrogen (secondary N) is 3. The molecule has 1 unspecified atom stereocenters. The number of hydrogen-bond donors (Lipinski definition) is 3. The lowest BCUT2D eigenvalue weighted by Crippen LogP contribution is -2.54. The highest BCUT2D eigenvalue weighted by atomic mass is 19.4. The molecule has 0 bridgehead atoms. The van der Waals surface area contributed by atoms with E-state index in [2.05, 4.69) is 35.8 Å². The second-order valence-electron chi connectivity index (χ2n) is 17.1. The number of imide groups is 2. The van der Waals surface area contributed by atoms with Crippen LogP contribution in [0.5, 0.6) is 0 Å². The van der Waals surface area contributed by atoms with Crippen molar-refractivity contribution in [2.45, 2.75) is 69.8 Å². The summed E-state index contributed by atoms with van der Waals surface area (Å²) >= 11 is 0. The maximum Gasteiger partial charge on any atom is 0.417 e. The third kappa shape index (κ3) is 8.71. The van der Waals surface area contributed by atoms with Gasteiger partial charge in [-0.05, 0) is 86.9 Å². The van der Waals surface area contributed by atoms with E-state index in [4.69, 9.17) is 5.26 Å². The smallest absolute Gasteiger partial charge is 0.367 e. The fourth-order valence-corrected chi connectivity index (χ4v) is 9.55. The van der Waals surface area contributed by atoms with Crippen molar-refractivity contribution in [1.29, 1.82) is 5.26 Å². The second kappa shape index (κ2) is 17.7. The average Bonchev–Trinajstić information content (AvgIpc) is 3.53. The van der Waals surface area contributed by atoms with Crippen LogP contribution in [0.25, 0.3) is 0 Å². The van der Waals surface area contributed by atoms with Crippen LogP contribution in [0.3, 0.4) is 0 Å². The summed E-state index contributed by atoms with van der Waals surface area (Å²) in [6, 6.07) is 9.08. The highest BCUT2D eigenvalue weighted by Crippen LogP contribution is 2.37. The van der Waals surface area contributed by atoms with Gasteiger partial charge in [0.15, 0.2) is 0 Å². The summed E-state index contributed by atoms with van der Waals surface area (Å²) in [5.74, 6) is -4.09. The van der Waals surface area contributed by atoms with E-state index < -0.39 is 64.6 Å². The number of hydrogen-bond acceptors (Lipinski definition) is 13. The second-order valence-corrected chi connectivity index (χ2v) is 17.1. The third-order valence-electron chi connectivity index (χ3n) is 13.1. The maximum absolute atomic E-state index is 15.5. The quantitative estimate of drug-likeness (QED) is 0.117. The number of fused-ring (bicyclic) bond motifs is 2. The zero-order valence-electron chi connectivity index (χ0n) is 35.3. The van der Waals surface area contributed by atoms with Crippen LogP contribution in [0.15, 0.2) is 48.8 Å². The van der Waals surface area contributed by atoms with Crippen molar-refractivity contribution >= 4 is 52.5 Å². The average molecular weight is 912 g/mol. The van der Waals surface area contributed by atoms with E-state index in [0.29, 0.717) is 75.0 Å². The molecule has 3 N–H and O–H groups in total. The standard InChI is InChI=1S/C45H42F5N11O5/c46-33-18-30-31(44(66)61(43(30)65)35-8-10-38(62)57-42(35)64)19-36(33)59-15-13-58(14-16-59)21-24-1-4-26(5-2-24)54-41(63)29-7-9-37(55-39(29)47)56-40-28-11-12-60(22-34(28)52-23-53-40)27-6-3-25(20-51)32(17-27)45(48,49)50/h3,6-7,9,17-19,23-24,26,35H,1-2,4-5,8,10-16,21-22H2,(H,54,63)(H,57,62,64)(H,52,53,55,56)/t24-,26-,35?. The Morgan fingerprint density at radius 1 is 0.864 bits per heavy atom. The van der Waals surface area contributed by atoms with Crippen LogP contribution in [-0.2, 0) is 28.7 Å². The molecule has 9 rings (SSSR count). The number of nitrogens with zero attached hydrogens (tertiary/aromatic N) is 8. The van der Waals surface area contributed by atoms with Gasteiger partial charge in [0, 0.05) is 63.0 Å². The van der Waals surface area contributed by atoms with Crippen LogP contribution < -0.4 is 25.8 Å². The predicted molar refractivity (Wildman–Crippen MR) is 225 cm³/mol. The number of halogens is 5. The van der Waals surface area contributed by atoms with E-state index in [-0.39, 0.29) is 59.3 Å². The Hall–Kier alpha value is -7.08. The van der Waals surface area contributed by atoms with Crippen LogP contribution in [0.2, 0.25) is 0 Å². The molecule has 3 fully saturated rings. The number of alkyl halides is 3. The third-order valence-corrected chi connectivity index (χ3v) is 13.1. The largest absolute Gasteiger partial charge is 0.417 e. The van der Waals surface area contributed by atoms with Gasteiger partial charge in [0.1, 0.15) is 29.8 Å². The summed E-state index contributed by atoms with van der Waals surface area (Å²) < 4.78 is 71.6. The molecule has 2 aromatic carbocycles. The molecule has 6 heterocycles. The molecule has 2 aromatic heterocycles. The molecular weight excluding hydrogens is 870 g/mol. The van der Waals surface area contributed by atoms with Gasteiger partial charge in [0.05, 0.1) is 51.8 Å². The van der Waals surface area contributed by atoms with Crippen LogP contribution in [0.4, 0.5) is 45.0 Å². The van der Waals surface area contributed by atoms with Crippen molar-refractivity contribution in [2.24, 2.45) is 5.92 Å². The van der Waals surface area contributed by atoms with Crippen LogP contribution in [-0.4, -0.2) is 106 Å². The number of pyridine rings is 1. The molecule has 66 heavy (non-hydrogen) atoms. The van der Waals surface area contributed by atoms with Gasteiger partial charge >= 0.3 is 6.18 Å². The number of amides is 5. The highest BCUT2D eigenvalue weighted by molar-refractivity contribution is 6.23. The molecule has 1 aliphatic carbocycles. The van der Waals surface area contributed by atoms with Gasteiger partial charge in [-0.25, -0.2) is 19.3 Å². The molecule has 4 aliphatic heterocycles. The van der Waals surface area contributed by atoms with Crippen molar-refractivity contribution in [2.75, 3.05) is 54.4 Å². The van der Waals surface area contributed by atoms with Gasteiger partial charge in [-0.1, -0.05) is 0 Å². The molecule has 1 atom stereocenters. The molecule has 0 spiro atoms. The van der Waals surface area contributed by atoms with Crippen molar-refractivity contribution in [3.63, 3.8) is 0 Å². The Labute approximate surface area is 374 Å². The Morgan fingerprint density at radius 3 is 2.30 bits per heavy atom. The maximum atomic E-state index is 15.5. The molecule has 21 heteroatoms. The van der Waals surface area contributed by atoms with Crippen LogP contribution in [0, 0.1) is 29.0 Å². The SMILES string of the molecule is N#Cc1ccc(N2CCc3c(ncnc3Nc3ccc(C(=O)N[C@H]4CC[C@H](CN5CCN(c6cc7c(cc6F)C(=O)N(C6CCC(=O)NC6=O)C7=O)CC5)CC4)c(F)n3)C2)cc1C(F)(F)F. The van der Waals surface area contributed by atoms with E-state index in [1.807, 2.05) is 4.90 Å². The molecule has 1 saturated carbocycles. The summed E-state index contributed by atoms with van der Waals surface area (Å²) in [7, 11) is 0. The molecule has 4 aromatic rings. The van der Waals surface area contributed by atoms with Crippen molar-refractivity contribution in [1.82, 2.24) is 35.4 Å². The summed E-state index contributed by atoms with van der Waals surface area (Å²) in [6.45, 7) is 3.52. The molecule has 5 amide bonds. The Kier molecular flexibility index (Phi) is 11.8. The van der Waals surface area contributed by atoms with Gasteiger partial charge in [0.2, 0.25) is 17.8 Å². The topological polar surface area (TPSA) is 197 Å². The fourth-order valence-electron chi connectivity index (χ4n) is 9.55. The van der Waals surface area contributed by atoms with E-state index in [0.717, 1.165) is 42.5 Å². The number of benzene rings is 2. The molecular formula is C45H42F5N11O5. The summed E-state index contributed by atoms with van der Waals surface area (Å²) in [5.41, 5.74) is -0.0593. The van der Waals surface area contributed by atoms with Crippen LogP contribution >= 0.6 is 0 Å².